The van der Waals surface area contributed by atoms with Gasteiger partial charge >= 0.3 is 0 Å². The van der Waals surface area contributed by atoms with E-state index >= 15 is 0 Å². The predicted octanol–water partition coefficient (Wildman–Crippen LogP) is 0.397. The molecule has 0 aromatic carbocycles. The van der Waals surface area contributed by atoms with Gasteiger partial charge in [-0.25, -0.2) is 0 Å². The lowest BCUT2D eigenvalue weighted by Crippen LogP contribution is -2.33. The first-order valence-corrected chi connectivity index (χ1v) is 5.85. The van der Waals surface area contributed by atoms with E-state index in [0.717, 1.165) is 0 Å². The second kappa shape index (κ2) is 3.94. The summed E-state index contributed by atoms with van der Waals surface area (Å²) in [5.41, 5.74) is 5.72. The van der Waals surface area contributed by atoms with Crippen LogP contribution in [0.5, 0.6) is 0 Å². The third-order valence-corrected chi connectivity index (χ3v) is 3.23. The maximum atomic E-state index is 12.3. The molecule has 0 radical (unpaired) electrons. The lowest BCUT2D eigenvalue weighted by Gasteiger charge is -2.21. The van der Waals surface area contributed by atoms with E-state index in [0.29, 0.717) is 24.0 Å². The number of fused-ring (bicyclic) bond motifs is 3. The van der Waals surface area contributed by atoms with E-state index in [-0.39, 0.29) is 17.0 Å². The molecule has 2 aromatic rings. The molecule has 0 saturated heterocycles. The van der Waals surface area contributed by atoms with Gasteiger partial charge in [0.2, 0.25) is 0 Å². The van der Waals surface area contributed by atoms with Crippen molar-refractivity contribution in [3.05, 3.63) is 45.9 Å². The van der Waals surface area contributed by atoms with E-state index < -0.39 is 11.5 Å². The highest BCUT2D eigenvalue weighted by Gasteiger charge is 2.27. The molecule has 3 heterocycles. The summed E-state index contributed by atoms with van der Waals surface area (Å²) in [6.45, 7) is 0.397. The number of primary amides is 1. The Morgan fingerprint density at radius 3 is 2.84 bits per heavy atom. The minimum Gasteiger partial charge on any atom is -0.383 e. The van der Waals surface area contributed by atoms with Crippen molar-refractivity contribution in [3.63, 3.8) is 0 Å². The number of carbonyl (C=O) groups is 2. The molecule has 6 nitrogen and oxygen atoms in total. The summed E-state index contributed by atoms with van der Waals surface area (Å²) in [5, 5.41) is 2.94. The van der Waals surface area contributed by atoms with Crippen molar-refractivity contribution in [3.8, 4) is 0 Å². The Bertz CT molecular complexity index is 777. The van der Waals surface area contributed by atoms with Gasteiger partial charge in [-0.3, -0.25) is 18.8 Å². The molecule has 2 aromatic heterocycles. The van der Waals surface area contributed by atoms with Crippen molar-refractivity contribution in [2.45, 2.75) is 6.42 Å². The van der Waals surface area contributed by atoms with E-state index in [9.17, 15) is 14.4 Å². The Kier molecular flexibility index (Phi) is 2.38. The van der Waals surface area contributed by atoms with Gasteiger partial charge in [0.25, 0.3) is 11.5 Å². The van der Waals surface area contributed by atoms with Crippen LogP contribution < -0.4 is 16.6 Å². The first-order chi connectivity index (χ1) is 9.11. The fourth-order valence-corrected chi connectivity index (χ4v) is 2.42. The number of hydrogen-bond acceptors (Lipinski definition) is 4. The van der Waals surface area contributed by atoms with Gasteiger partial charge < -0.3 is 11.1 Å². The number of Topliss-reactive ketones (excluding diaryl/α,β-unsaturated/α-hetero) is 1. The molecular weight excluding hydrogens is 246 g/mol. The summed E-state index contributed by atoms with van der Waals surface area (Å²) < 4.78 is 1.28. The van der Waals surface area contributed by atoms with Gasteiger partial charge in [0, 0.05) is 19.2 Å². The summed E-state index contributed by atoms with van der Waals surface area (Å²) in [6, 6.07) is 5.07. The van der Waals surface area contributed by atoms with Crippen LogP contribution in [-0.2, 0) is 0 Å². The summed E-state index contributed by atoms with van der Waals surface area (Å²) in [5.74, 6) is -0.929. The highest BCUT2D eigenvalue weighted by atomic mass is 16.2. The molecule has 0 atom stereocenters. The Hall–Kier alpha value is -2.63. The summed E-state index contributed by atoms with van der Waals surface area (Å²) in [4.78, 5) is 35.8. The molecule has 1 aliphatic rings. The summed E-state index contributed by atoms with van der Waals surface area (Å²) in [7, 11) is 0. The fraction of sp³-hybridized carbons (Fsp3) is 0.154. The zero-order chi connectivity index (χ0) is 13.6. The number of nitrogens with two attached hydrogens (primary N) is 1. The fourth-order valence-electron chi connectivity index (χ4n) is 2.42. The molecule has 3 rings (SSSR count). The lowest BCUT2D eigenvalue weighted by atomic mass is 9.98. The van der Waals surface area contributed by atoms with E-state index in [1.807, 2.05) is 0 Å². The van der Waals surface area contributed by atoms with Crippen LogP contribution in [0.1, 0.15) is 27.1 Å². The zero-order valence-electron chi connectivity index (χ0n) is 9.97. The van der Waals surface area contributed by atoms with Crippen molar-refractivity contribution >= 4 is 22.9 Å². The number of rotatable bonds is 1. The second-order valence-electron chi connectivity index (χ2n) is 4.35. The van der Waals surface area contributed by atoms with Crippen molar-refractivity contribution in [2.24, 2.45) is 5.73 Å². The largest absolute Gasteiger partial charge is 0.383 e. The lowest BCUT2D eigenvalue weighted by molar-refractivity contribution is 0.0985. The van der Waals surface area contributed by atoms with Crippen molar-refractivity contribution in [1.82, 2.24) is 4.40 Å². The van der Waals surface area contributed by atoms with Crippen LogP contribution in [0, 0.1) is 0 Å². The molecule has 0 aliphatic carbocycles. The number of ketones is 1. The molecular formula is C13H11N3O3. The minimum absolute atomic E-state index is 0.0973. The predicted molar refractivity (Wildman–Crippen MR) is 69.6 cm³/mol. The number of amides is 1. The Labute approximate surface area is 107 Å². The van der Waals surface area contributed by atoms with Crippen LogP contribution in [0.2, 0.25) is 0 Å². The molecule has 3 N–H and O–H groups in total. The van der Waals surface area contributed by atoms with Gasteiger partial charge in [-0.05, 0) is 12.1 Å². The molecule has 96 valence electrons. The van der Waals surface area contributed by atoms with Crippen LogP contribution in [0.25, 0.3) is 5.52 Å². The van der Waals surface area contributed by atoms with Crippen LogP contribution in [0.15, 0.2) is 29.2 Å². The molecule has 6 heteroatoms. The topological polar surface area (TPSA) is 93.7 Å². The number of nitrogens with zero attached hydrogens (tertiary/aromatic N) is 1. The molecule has 0 spiro atoms. The number of aromatic nitrogens is 1. The summed E-state index contributed by atoms with van der Waals surface area (Å²) in [6.07, 6.45) is 1.85. The second-order valence-corrected chi connectivity index (χ2v) is 4.35. The van der Waals surface area contributed by atoms with Crippen molar-refractivity contribution in [1.29, 1.82) is 0 Å². The van der Waals surface area contributed by atoms with E-state index in [4.69, 9.17) is 5.73 Å². The molecule has 0 fully saturated rings. The van der Waals surface area contributed by atoms with Gasteiger partial charge in [0.15, 0.2) is 5.78 Å². The number of nitrogens with one attached hydrogen (secondary N) is 1. The maximum absolute atomic E-state index is 12.3. The SMILES string of the molecule is NC(=O)c1c2c(c3ccccn3c1=O)C(=O)CCN2. The quantitative estimate of drug-likeness (QED) is 0.773. The Morgan fingerprint density at radius 1 is 1.32 bits per heavy atom. The smallest absolute Gasteiger partial charge is 0.270 e. The first-order valence-electron chi connectivity index (χ1n) is 5.85. The average Bonchev–Trinajstić information content (AvgIpc) is 2.38. The van der Waals surface area contributed by atoms with Gasteiger partial charge in [-0.15, -0.1) is 0 Å². The zero-order valence-corrected chi connectivity index (χ0v) is 9.97. The monoisotopic (exact) mass is 257 g/mol. The molecule has 1 aliphatic heterocycles. The molecule has 19 heavy (non-hydrogen) atoms. The Morgan fingerprint density at radius 2 is 2.11 bits per heavy atom. The highest BCUT2D eigenvalue weighted by Crippen LogP contribution is 2.27. The van der Waals surface area contributed by atoms with Crippen LogP contribution in [0.3, 0.4) is 0 Å². The van der Waals surface area contributed by atoms with E-state index in [2.05, 4.69) is 5.32 Å². The maximum Gasteiger partial charge on any atom is 0.270 e. The van der Waals surface area contributed by atoms with Crippen molar-refractivity contribution in [2.75, 3.05) is 11.9 Å². The normalized spacial score (nSPS) is 14.0. The minimum atomic E-state index is -0.832. The number of hydrogen-bond donors (Lipinski definition) is 2. The number of anilines is 1. The van der Waals surface area contributed by atoms with Crippen molar-refractivity contribution < 1.29 is 9.59 Å². The molecule has 0 saturated carbocycles. The van der Waals surface area contributed by atoms with E-state index in [1.165, 1.54) is 10.6 Å². The molecule has 1 amide bonds. The average molecular weight is 257 g/mol. The van der Waals surface area contributed by atoms with Crippen LogP contribution in [-0.4, -0.2) is 22.6 Å². The van der Waals surface area contributed by atoms with Gasteiger partial charge in [0.05, 0.1) is 16.8 Å². The van der Waals surface area contributed by atoms with Gasteiger partial charge in [0.1, 0.15) is 5.56 Å². The highest BCUT2D eigenvalue weighted by molar-refractivity contribution is 6.13. The third kappa shape index (κ3) is 1.53. The number of carbonyl (C=O) groups excluding carboxylic acids is 2. The standard InChI is InChI=1S/C13H11N3O3/c14-12(18)10-11-9(8(17)4-5-15-11)7-3-1-2-6-16(7)13(10)19/h1-3,6,15H,4-5H2,(H2,14,18). The number of pyridine rings is 2. The third-order valence-electron chi connectivity index (χ3n) is 3.23. The van der Waals surface area contributed by atoms with Gasteiger partial charge in [-0.2, -0.15) is 0 Å². The van der Waals surface area contributed by atoms with Crippen LogP contribution in [0.4, 0.5) is 5.69 Å². The summed E-state index contributed by atoms with van der Waals surface area (Å²) >= 11 is 0. The van der Waals surface area contributed by atoms with Gasteiger partial charge in [-0.1, -0.05) is 6.07 Å². The van der Waals surface area contributed by atoms with E-state index in [1.54, 1.807) is 18.2 Å². The Balaban J connectivity index is 2.57. The van der Waals surface area contributed by atoms with Crippen LogP contribution >= 0.6 is 0 Å². The molecule has 0 unspecified atom stereocenters. The first kappa shape index (κ1) is 11.5. The molecule has 0 bridgehead atoms.